The van der Waals surface area contributed by atoms with Crippen LogP contribution in [0.25, 0.3) is 0 Å². The molecule has 0 bridgehead atoms. The molecule has 0 unspecified atom stereocenters. The Kier molecular flexibility index (Phi) is 3.49. The van der Waals surface area contributed by atoms with Gasteiger partial charge >= 0.3 is 0 Å². The maximum Gasteiger partial charge on any atom is 0.142 e. The Morgan fingerprint density at radius 3 is 2.61 bits per heavy atom. The fourth-order valence-corrected chi connectivity index (χ4v) is 1.83. The molecule has 0 saturated heterocycles. The SMILES string of the molecule is COc1ccccc1N(C)c1cccc(C#N)c1. The Balaban J connectivity index is 2.41. The maximum atomic E-state index is 8.92. The summed E-state index contributed by atoms with van der Waals surface area (Å²) in [5.74, 6) is 0.808. The Hall–Kier alpha value is -2.47. The molecule has 3 heteroatoms. The van der Waals surface area contributed by atoms with Crippen LogP contribution >= 0.6 is 0 Å². The average Bonchev–Trinajstić information content (AvgIpc) is 2.46. The Morgan fingerprint density at radius 1 is 1.11 bits per heavy atom. The summed E-state index contributed by atoms with van der Waals surface area (Å²) >= 11 is 0. The van der Waals surface area contributed by atoms with E-state index in [0.717, 1.165) is 17.1 Å². The molecule has 0 saturated carbocycles. The van der Waals surface area contributed by atoms with E-state index in [9.17, 15) is 0 Å². The van der Waals surface area contributed by atoms with Crippen molar-refractivity contribution in [3.8, 4) is 11.8 Å². The number of anilines is 2. The Bertz CT molecular complexity index is 587. The molecular formula is C15H14N2O. The second-order valence-electron chi connectivity index (χ2n) is 3.89. The number of rotatable bonds is 3. The monoisotopic (exact) mass is 238 g/mol. The molecule has 2 rings (SSSR count). The Morgan fingerprint density at radius 2 is 1.89 bits per heavy atom. The van der Waals surface area contributed by atoms with E-state index in [-0.39, 0.29) is 0 Å². The topological polar surface area (TPSA) is 36.3 Å². The van der Waals surface area contributed by atoms with Crippen molar-refractivity contribution < 1.29 is 4.74 Å². The molecule has 0 heterocycles. The predicted molar refractivity (Wildman–Crippen MR) is 72.2 cm³/mol. The van der Waals surface area contributed by atoms with E-state index in [1.54, 1.807) is 13.2 Å². The zero-order valence-corrected chi connectivity index (χ0v) is 10.4. The lowest BCUT2D eigenvalue weighted by Gasteiger charge is -2.21. The second kappa shape index (κ2) is 5.24. The number of benzene rings is 2. The van der Waals surface area contributed by atoms with E-state index in [1.807, 2.05) is 54.4 Å². The molecule has 0 aromatic heterocycles. The number of ether oxygens (including phenoxy) is 1. The zero-order valence-electron chi connectivity index (χ0n) is 10.4. The molecule has 0 atom stereocenters. The molecule has 90 valence electrons. The summed E-state index contributed by atoms with van der Waals surface area (Å²) in [7, 11) is 3.60. The van der Waals surface area contributed by atoms with Gasteiger partial charge in [0, 0.05) is 12.7 Å². The first-order valence-corrected chi connectivity index (χ1v) is 5.63. The highest BCUT2D eigenvalue weighted by Crippen LogP contribution is 2.32. The third-order valence-corrected chi connectivity index (χ3v) is 2.81. The highest BCUT2D eigenvalue weighted by molar-refractivity contribution is 5.69. The summed E-state index contributed by atoms with van der Waals surface area (Å²) in [5, 5.41) is 8.92. The largest absolute Gasteiger partial charge is 0.495 e. The number of methoxy groups -OCH3 is 1. The van der Waals surface area contributed by atoms with E-state index in [4.69, 9.17) is 10.00 Å². The van der Waals surface area contributed by atoms with Gasteiger partial charge in [-0.3, -0.25) is 0 Å². The van der Waals surface area contributed by atoms with Gasteiger partial charge < -0.3 is 9.64 Å². The molecule has 0 radical (unpaired) electrons. The van der Waals surface area contributed by atoms with Gasteiger partial charge in [0.15, 0.2) is 0 Å². The van der Waals surface area contributed by atoms with Crippen molar-refractivity contribution in [3.63, 3.8) is 0 Å². The van der Waals surface area contributed by atoms with Gasteiger partial charge in [-0.1, -0.05) is 18.2 Å². The van der Waals surface area contributed by atoms with Gasteiger partial charge in [0.05, 0.1) is 24.4 Å². The van der Waals surface area contributed by atoms with Crippen LogP contribution in [0, 0.1) is 11.3 Å². The van der Waals surface area contributed by atoms with E-state index in [0.29, 0.717) is 5.56 Å². The summed E-state index contributed by atoms with van der Waals surface area (Å²) in [6.45, 7) is 0. The van der Waals surface area contributed by atoms with Crippen LogP contribution in [-0.4, -0.2) is 14.2 Å². The highest BCUT2D eigenvalue weighted by atomic mass is 16.5. The van der Waals surface area contributed by atoms with Crippen LogP contribution < -0.4 is 9.64 Å². The van der Waals surface area contributed by atoms with Gasteiger partial charge in [0.2, 0.25) is 0 Å². The first-order chi connectivity index (χ1) is 8.76. The minimum atomic E-state index is 0.647. The van der Waals surface area contributed by atoms with E-state index < -0.39 is 0 Å². The summed E-state index contributed by atoms with van der Waals surface area (Å²) in [5.41, 5.74) is 2.57. The number of nitriles is 1. The fraction of sp³-hybridized carbons (Fsp3) is 0.133. The van der Waals surface area contributed by atoms with Crippen LogP contribution in [0.15, 0.2) is 48.5 Å². The predicted octanol–water partition coefficient (Wildman–Crippen LogP) is 3.33. The molecule has 0 spiro atoms. The second-order valence-corrected chi connectivity index (χ2v) is 3.89. The molecule has 0 N–H and O–H groups in total. The molecule has 0 aliphatic carbocycles. The first kappa shape index (κ1) is 12.0. The number of nitrogens with zero attached hydrogens (tertiary/aromatic N) is 2. The average molecular weight is 238 g/mol. The van der Waals surface area contributed by atoms with Crippen LogP contribution in [0.3, 0.4) is 0 Å². The van der Waals surface area contributed by atoms with Crippen molar-refractivity contribution in [2.24, 2.45) is 0 Å². The molecule has 0 amide bonds. The number of hydrogen-bond donors (Lipinski definition) is 0. The quantitative estimate of drug-likeness (QED) is 0.822. The van der Waals surface area contributed by atoms with Crippen LogP contribution in [0.5, 0.6) is 5.75 Å². The Labute approximate surface area is 107 Å². The normalized spacial score (nSPS) is 9.61. The van der Waals surface area contributed by atoms with Crippen molar-refractivity contribution >= 4 is 11.4 Å². The zero-order chi connectivity index (χ0) is 13.0. The van der Waals surface area contributed by atoms with Crippen LogP contribution in [0.4, 0.5) is 11.4 Å². The lowest BCUT2D eigenvalue weighted by atomic mass is 10.2. The van der Waals surface area contributed by atoms with Crippen LogP contribution in [0.1, 0.15) is 5.56 Å². The van der Waals surface area contributed by atoms with Crippen molar-refractivity contribution in [2.75, 3.05) is 19.1 Å². The standard InChI is InChI=1S/C15H14N2O/c1-17(13-7-5-6-12(10-13)11-16)14-8-3-4-9-15(14)18-2/h3-10H,1-2H3. The first-order valence-electron chi connectivity index (χ1n) is 5.63. The molecule has 2 aromatic rings. The van der Waals surface area contributed by atoms with E-state index >= 15 is 0 Å². The third-order valence-electron chi connectivity index (χ3n) is 2.81. The smallest absolute Gasteiger partial charge is 0.142 e. The van der Waals surface area contributed by atoms with Crippen molar-refractivity contribution in [1.82, 2.24) is 0 Å². The minimum Gasteiger partial charge on any atom is -0.495 e. The fourth-order valence-electron chi connectivity index (χ4n) is 1.83. The maximum absolute atomic E-state index is 8.92. The van der Waals surface area contributed by atoms with Crippen LogP contribution in [0.2, 0.25) is 0 Å². The van der Waals surface area contributed by atoms with Gasteiger partial charge in [-0.05, 0) is 30.3 Å². The van der Waals surface area contributed by atoms with Gasteiger partial charge in [-0.25, -0.2) is 0 Å². The lowest BCUT2D eigenvalue weighted by Crippen LogP contribution is -2.10. The van der Waals surface area contributed by atoms with Gasteiger partial charge in [0.25, 0.3) is 0 Å². The summed E-state index contributed by atoms with van der Waals surface area (Å²) < 4.78 is 5.34. The van der Waals surface area contributed by atoms with Crippen molar-refractivity contribution in [3.05, 3.63) is 54.1 Å². The van der Waals surface area contributed by atoms with E-state index in [1.165, 1.54) is 0 Å². The lowest BCUT2D eigenvalue weighted by molar-refractivity contribution is 0.415. The van der Waals surface area contributed by atoms with Gasteiger partial charge in [-0.2, -0.15) is 5.26 Å². The molecule has 0 fully saturated rings. The third kappa shape index (κ3) is 2.28. The molecule has 0 aliphatic heterocycles. The van der Waals surface area contributed by atoms with Crippen LogP contribution in [-0.2, 0) is 0 Å². The molecular weight excluding hydrogens is 224 g/mol. The van der Waals surface area contributed by atoms with Gasteiger partial charge in [-0.15, -0.1) is 0 Å². The van der Waals surface area contributed by atoms with Gasteiger partial charge in [0.1, 0.15) is 5.75 Å². The van der Waals surface area contributed by atoms with E-state index in [2.05, 4.69) is 6.07 Å². The van der Waals surface area contributed by atoms with Crippen molar-refractivity contribution in [1.29, 1.82) is 5.26 Å². The number of para-hydroxylation sites is 2. The summed E-state index contributed by atoms with van der Waals surface area (Å²) in [6, 6.07) is 17.4. The molecule has 0 aliphatic rings. The minimum absolute atomic E-state index is 0.647. The highest BCUT2D eigenvalue weighted by Gasteiger charge is 2.09. The molecule has 18 heavy (non-hydrogen) atoms. The summed E-state index contributed by atoms with van der Waals surface area (Å²) in [4.78, 5) is 2.00. The molecule has 2 aromatic carbocycles. The molecule has 3 nitrogen and oxygen atoms in total. The van der Waals surface area contributed by atoms with Crippen molar-refractivity contribution in [2.45, 2.75) is 0 Å². The summed E-state index contributed by atoms with van der Waals surface area (Å²) in [6.07, 6.45) is 0. The number of hydrogen-bond acceptors (Lipinski definition) is 3.